The monoisotopic (exact) mass is 511 g/mol. The third-order valence-electron chi connectivity index (χ3n) is 7.90. The molecule has 2 unspecified atom stereocenters. The number of fused-ring (bicyclic) bond motifs is 1. The number of aliphatic hydroxyl groups is 1. The Morgan fingerprint density at radius 3 is 2.51 bits per heavy atom. The average molecular weight is 512 g/mol. The van der Waals surface area contributed by atoms with Crippen molar-refractivity contribution < 1.29 is 14.7 Å². The van der Waals surface area contributed by atoms with Gasteiger partial charge >= 0.3 is 6.03 Å². The molecule has 3 aromatic rings. The van der Waals surface area contributed by atoms with Crippen molar-refractivity contribution in [3.05, 3.63) is 94.1 Å². The lowest BCUT2D eigenvalue weighted by molar-refractivity contribution is -0.127. The highest BCUT2D eigenvalue weighted by molar-refractivity contribution is 7.13. The van der Waals surface area contributed by atoms with Gasteiger partial charge in [0.05, 0.1) is 23.7 Å². The second-order valence-electron chi connectivity index (χ2n) is 10.1. The molecule has 2 aromatic carbocycles. The van der Waals surface area contributed by atoms with E-state index in [0.717, 1.165) is 22.3 Å². The van der Waals surface area contributed by atoms with Gasteiger partial charge in [-0.25, -0.2) is 9.78 Å². The van der Waals surface area contributed by atoms with Crippen LogP contribution in [0.5, 0.6) is 0 Å². The molecule has 0 spiro atoms. The number of anilines is 1. The van der Waals surface area contributed by atoms with Crippen LogP contribution >= 0.6 is 11.3 Å². The standard InChI is InChI=1S/C28H25N5O3S/c1-27(24(35)31-25-30-17(14-37-25)13-33-22(34)11-12-32(2)26(33)36)15-28(16-29)20-9-5-3-7-18(20)23(27)19-8-4-6-10-21(19)28/h3-12,14,22-23,34H,13,15H2,1-2H3,(H,30,31,35). The third kappa shape index (κ3) is 3.33. The van der Waals surface area contributed by atoms with Crippen molar-refractivity contribution in [3.8, 4) is 6.07 Å². The predicted molar refractivity (Wildman–Crippen MR) is 138 cm³/mol. The molecule has 3 aliphatic carbocycles. The highest BCUT2D eigenvalue weighted by Gasteiger charge is 2.61. The molecule has 8 nitrogen and oxygen atoms in total. The van der Waals surface area contributed by atoms with Crippen LogP contribution in [0.25, 0.3) is 0 Å². The molecule has 37 heavy (non-hydrogen) atoms. The van der Waals surface area contributed by atoms with Crippen LogP contribution in [0.15, 0.2) is 66.2 Å². The molecule has 2 atom stereocenters. The largest absolute Gasteiger partial charge is 0.370 e. The first kappa shape index (κ1) is 23.4. The maximum Gasteiger partial charge on any atom is 0.326 e. The number of nitriles is 1. The zero-order valence-electron chi connectivity index (χ0n) is 20.4. The van der Waals surface area contributed by atoms with E-state index in [9.17, 15) is 20.0 Å². The Morgan fingerprint density at radius 2 is 1.86 bits per heavy atom. The van der Waals surface area contributed by atoms with Crippen molar-refractivity contribution in [2.75, 3.05) is 12.4 Å². The molecule has 3 amide bonds. The van der Waals surface area contributed by atoms with Crippen LogP contribution in [0.3, 0.4) is 0 Å². The highest BCUT2D eigenvalue weighted by Crippen LogP contribution is 2.63. The molecular weight excluding hydrogens is 486 g/mol. The number of hydrogen-bond acceptors (Lipinski definition) is 6. The van der Waals surface area contributed by atoms with E-state index in [4.69, 9.17) is 0 Å². The number of carbonyl (C=O) groups is 2. The second kappa shape index (κ2) is 8.26. The minimum Gasteiger partial charge on any atom is -0.370 e. The van der Waals surface area contributed by atoms with Crippen LogP contribution in [-0.2, 0) is 16.8 Å². The quantitative estimate of drug-likeness (QED) is 0.547. The fraction of sp³-hybridized carbons (Fsp3) is 0.286. The van der Waals surface area contributed by atoms with Gasteiger partial charge in [-0.1, -0.05) is 48.5 Å². The summed E-state index contributed by atoms with van der Waals surface area (Å²) in [5.41, 5.74) is 2.76. The summed E-state index contributed by atoms with van der Waals surface area (Å²) >= 11 is 1.27. The van der Waals surface area contributed by atoms with Gasteiger partial charge in [-0.15, -0.1) is 11.3 Å². The predicted octanol–water partition coefficient (Wildman–Crippen LogP) is 4.15. The Morgan fingerprint density at radius 1 is 1.22 bits per heavy atom. The van der Waals surface area contributed by atoms with Crippen LogP contribution in [-0.4, -0.2) is 45.1 Å². The maximum atomic E-state index is 13.9. The van der Waals surface area contributed by atoms with Gasteiger partial charge in [0.1, 0.15) is 5.41 Å². The lowest BCUT2D eigenvalue weighted by Gasteiger charge is -2.54. The lowest BCUT2D eigenvalue weighted by atomic mass is 9.47. The number of benzene rings is 2. The topological polar surface area (TPSA) is 110 Å². The summed E-state index contributed by atoms with van der Waals surface area (Å²) < 4.78 is 0. The number of hydrogen-bond donors (Lipinski definition) is 2. The molecule has 186 valence electrons. The van der Waals surface area contributed by atoms with Gasteiger partial charge in [0.2, 0.25) is 5.91 Å². The van der Waals surface area contributed by atoms with Gasteiger partial charge < -0.3 is 15.3 Å². The molecule has 2 N–H and O–H groups in total. The van der Waals surface area contributed by atoms with Crippen LogP contribution in [0.2, 0.25) is 0 Å². The molecule has 7 rings (SSSR count). The first-order valence-corrected chi connectivity index (χ1v) is 12.9. The number of carbonyl (C=O) groups excluding carboxylic acids is 2. The average Bonchev–Trinajstić information content (AvgIpc) is 3.35. The van der Waals surface area contributed by atoms with E-state index in [2.05, 4.69) is 16.4 Å². The normalized spacial score (nSPS) is 27.5. The van der Waals surface area contributed by atoms with Crippen molar-refractivity contribution >= 4 is 28.4 Å². The summed E-state index contributed by atoms with van der Waals surface area (Å²) in [5.74, 6) is -0.392. The summed E-state index contributed by atoms with van der Waals surface area (Å²) in [4.78, 5) is 33.6. The van der Waals surface area contributed by atoms with E-state index in [1.165, 1.54) is 33.4 Å². The van der Waals surface area contributed by atoms with Gasteiger partial charge in [0.15, 0.2) is 11.4 Å². The molecule has 0 fully saturated rings. The molecule has 1 aliphatic heterocycles. The van der Waals surface area contributed by atoms with E-state index in [-0.39, 0.29) is 24.4 Å². The van der Waals surface area contributed by atoms with Crippen molar-refractivity contribution in [2.24, 2.45) is 5.41 Å². The Hall–Kier alpha value is -4.00. The van der Waals surface area contributed by atoms with E-state index in [1.54, 1.807) is 12.4 Å². The summed E-state index contributed by atoms with van der Waals surface area (Å²) in [6.45, 7) is 2.05. The first-order valence-electron chi connectivity index (χ1n) is 12.0. The smallest absolute Gasteiger partial charge is 0.326 e. The van der Waals surface area contributed by atoms with E-state index in [0.29, 0.717) is 17.2 Å². The fourth-order valence-electron chi connectivity index (χ4n) is 6.19. The minimum atomic E-state index is -1.04. The number of rotatable bonds is 4. The van der Waals surface area contributed by atoms with Crippen LogP contribution in [0.1, 0.15) is 47.2 Å². The summed E-state index contributed by atoms with van der Waals surface area (Å²) in [6.07, 6.45) is 2.38. The van der Waals surface area contributed by atoms with Crippen molar-refractivity contribution in [1.29, 1.82) is 5.26 Å². The molecule has 1 aromatic heterocycles. The van der Waals surface area contributed by atoms with Crippen LogP contribution < -0.4 is 5.32 Å². The third-order valence-corrected chi connectivity index (χ3v) is 8.70. The summed E-state index contributed by atoms with van der Waals surface area (Å²) in [7, 11) is 1.62. The van der Waals surface area contributed by atoms with Gasteiger partial charge in [-0.3, -0.25) is 9.69 Å². The Kier molecular flexibility index (Phi) is 5.23. The molecule has 0 saturated heterocycles. The summed E-state index contributed by atoms with van der Waals surface area (Å²) in [5, 5.41) is 25.9. The minimum absolute atomic E-state index is 0.110. The summed E-state index contributed by atoms with van der Waals surface area (Å²) in [6, 6.07) is 18.2. The number of nitrogens with zero attached hydrogens (tertiary/aromatic N) is 4. The van der Waals surface area contributed by atoms with Gasteiger partial charge in [0.25, 0.3) is 0 Å². The second-order valence-corrected chi connectivity index (χ2v) is 11.0. The number of urea groups is 1. The lowest BCUT2D eigenvalue weighted by Crippen LogP contribution is -2.53. The molecule has 0 saturated carbocycles. The van der Waals surface area contributed by atoms with Crippen molar-refractivity contribution in [3.63, 3.8) is 0 Å². The maximum absolute atomic E-state index is 13.9. The van der Waals surface area contributed by atoms with E-state index >= 15 is 0 Å². The van der Waals surface area contributed by atoms with Crippen molar-refractivity contribution in [1.82, 2.24) is 14.8 Å². The molecule has 9 heteroatoms. The fourth-order valence-corrected chi connectivity index (χ4v) is 6.89. The Bertz CT molecular complexity index is 1460. The number of amides is 3. The molecule has 4 aliphatic rings. The van der Waals surface area contributed by atoms with E-state index in [1.807, 2.05) is 55.5 Å². The van der Waals surface area contributed by atoms with Crippen LogP contribution in [0, 0.1) is 16.7 Å². The Labute approximate surface area is 218 Å². The molecule has 0 radical (unpaired) electrons. The van der Waals surface area contributed by atoms with Gasteiger partial charge in [-0.05, 0) is 41.7 Å². The number of nitrogens with one attached hydrogen (secondary N) is 1. The van der Waals surface area contributed by atoms with Gasteiger partial charge in [0, 0.05) is 24.5 Å². The molecule has 2 bridgehead atoms. The van der Waals surface area contributed by atoms with E-state index < -0.39 is 17.1 Å². The number of aromatic nitrogens is 1. The van der Waals surface area contributed by atoms with Crippen molar-refractivity contribution in [2.45, 2.75) is 37.5 Å². The highest BCUT2D eigenvalue weighted by atomic mass is 32.1. The number of aliphatic hydroxyl groups excluding tert-OH is 1. The zero-order chi connectivity index (χ0) is 25.9. The SMILES string of the molecule is CN1C=CC(O)N(Cc2csc(NC(=O)C3(C)CC4(C#N)c5ccccc5C3c3ccccc34)n2)C1=O. The first-order chi connectivity index (χ1) is 17.8. The van der Waals surface area contributed by atoms with Gasteiger partial charge in [-0.2, -0.15) is 5.26 Å². The molecular formula is C28H25N5O3S. The van der Waals surface area contributed by atoms with Crippen LogP contribution in [0.4, 0.5) is 9.93 Å². The molecule has 2 heterocycles. The number of thiazole rings is 1. The Balaban J connectivity index is 1.31. The zero-order valence-corrected chi connectivity index (χ0v) is 21.2.